The number of urea groups is 2. The van der Waals surface area contributed by atoms with E-state index >= 15 is 0 Å². The molecule has 0 aliphatic carbocycles. The van der Waals surface area contributed by atoms with Crippen molar-refractivity contribution in [1.29, 1.82) is 0 Å². The van der Waals surface area contributed by atoms with Gasteiger partial charge >= 0.3 is 12.1 Å². The molecule has 0 radical (unpaired) electrons. The summed E-state index contributed by atoms with van der Waals surface area (Å²) in [5.41, 5.74) is 2.55. The highest BCUT2D eigenvalue weighted by atomic mass is 16.5. The predicted molar refractivity (Wildman–Crippen MR) is 141 cm³/mol. The summed E-state index contributed by atoms with van der Waals surface area (Å²) >= 11 is 0. The van der Waals surface area contributed by atoms with Crippen LogP contribution in [0.4, 0.5) is 21.0 Å². The first-order valence-electron chi connectivity index (χ1n) is 12.7. The van der Waals surface area contributed by atoms with Crippen molar-refractivity contribution in [3.8, 4) is 0 Å². The van der Waals surface area contributed by atoms with Crippen LogP contribution in [0.15, 0.2) is 48.5 Å². The Hall–Kier alpha value is -3.06. The van der Waals surface area contributed by atoms with Gasteiger partial charge in [0.25, 0.3) is 0 Å². The van der Waals surface area contributed by atoms with E-state index in [1.54, 1.807) is 17.0 Å². The minimum Gasteiger partial charge on any atom is -0.315 e. The summed E-state index contributed by atoms with van der Waals surface area (Å²) in [6.07, 6.45) is 5.81. The minimum absolute atomic E-state index is 0.209. The van der Waals surface area contributed by atoms with Gasteiger partial charge in [0.05, 0.1) is 5.54 Å². The van der Waals surface area contributed by atoms with Crippen molar-refractivity contribution < 1.29 is 14.8 Å². The monoisotopic (exact) mass is 480 g/mol. The van der Waals surface area contributed by atoms with Gasteiger partial charge in [0.15, 0.2) is 6.17 Å². The normalized spacial score (nSPS) is 17.1. The molecule has 0 aromatic heterocycles. The number of carbonyl (C=O) groups is 2. The van der Waals surface area contributed by atoms with Crippen LogP contribution in [0, 0.1) is 13.8 Å². The molecule has 1 aliphatic rings. The van der Waals surface area contributed by atoms with Gasteiger partial charge in [0.2, 0.25) is 0 Å². The van der Waals surface area contributed by atoms with E-state index < -0.39 is 17.7 Å². The van der Waals surface area contributed by atoms with Crippen molar-refractivity contribution in [2.45, 2.75) is 84.8 Å². The molecule has 2 aromatic carbocycles. The van der Waals surface area contributed by atoms with Crippen molar-refractivity contribution >= 4 is 23.4 Å². The lowest BCUT2D eigenvalue weighted by Crippen LogP contribution is -2.58. The first kappa shape index (κ1) is 26.5. The molecule has 35 heavy (non-hydrogen) atoms. The van der Waals surface area contributed by atoms with Crippen LogP contribution in [0.2, 0.25) is 0 Å². The maximum Gasteiger partial charge on any atom is 0.347 e. The number of amides is 4. The fourth-order valence-electron chi connectivity index (χ4n) is 4.66. The van der Waals surface area contributed by atoms with E-state index in [1.807, 2.05) is 64.1 Å². The van der Waals surface area contributed by atoms with Crippen LogP contribution in [0.1, 0.15) is 70.4 Å². The molecule has 190 valence electrons. The van der Waals surface area contributed by atoms with E-state index in [-0.39, 0.29) is 6.03 Å². The minimum atomic E-state index is -0.900. The van der Waals surface area contributed by atoms with E-state index in [4.69, 9.17) is 0 Å². The average molecular weight is 481 g/mol. The molecule has 1 heterocycles. The lowest BCUT2D eigenvalue weighted by Gasteiger charge is -2.38. The molecule has 1 atom stereocenters. The molecule has 1 aliphatic heterocycles. The molecular formula is C28H40N4O3. The Labute approximate surface area is 209 Å². The third kappa shape index (κ3) is 6.14. The zero-order valence-electron chi connectivity index (χ0n) is 21.8. The highest BCUT2D eigenvalue weighted by molar-refractivity contribution is 5.98. The van der Waals surface area contributed by atoms with Crippen molar-refractivity contribution in [3.63, 3.8) is 0 Å². The van der Waals surface area contributed by atoms with E-state index in [1.165, 1.54) is 24.2 Å². The number of hydroxylamine groups is 2. The van der Waals surface area contributed by atoms with Gasteiger partial charge in [-0.05, 0) is 58.4 Å². The summed E-state index contributed by atoms with van der Waals surface area (Å²) in [5.74, 6) is 0. The van der Waals surface area contributed by atoms with E-state index in [0.717, 1.165) is 30.4 Å². The molecule has 0 spiro atoms. The van der Waals surface area contributed by atoms with Crippen molar-refractivity contribution in [1.82, 2.24) is 9.96 Å². The molecule has 3 rings (SSSR count). The molecule has 2 N–H and O–H groups in total. The Kier molecular flexibility index (Phi) is 8.78. The van der Waals surface area contributed by atoms with E-state index in [9.17, 15) is 14.8 Å². The molecule has 1 unspecified atom stereocenters. The summed E-state index contributed by atoms with van der Waals surface area (Å²) < 4.78 is 0. The molecule has 0 saturated carbocycles. The summed E-state index contributed by atoms with van der Waals surface area (Å²) in [5, 5.41) is 14.6. The maximum absolute atomic E-state index is 13.7. The van der Waals surface area contributed by atoms with Crippen LogP contribution in [-0.2, 0) is 0 Å². The van der Waals surface area contributed by atoms with Gasteiger partial charge in [-0.3, -0.25) is 10.1 Å². The van der Waals surface area contributed by atoms with Crippen LogP contribution in [0.5, 0.6) is 0 Å². The molecule has 1 fully saturated rings. The predicted octanol–water partition coefficient (Wildman–Crippen LogP) is 6.93. The van der Waals surface area contributed by atoms with Crippen molar-refractivity contribution in [3.05, 3.63) is 59.7 Å². The van der Waals surface area contributed by atoms with E-state index in [0.29, 0.717) is 23.0 Å². The fraction of sp³-hybridized carbons (Fsp3) is 0.500. The summed E-state index contributed by atoms with van der Waals surface area (Å²) in [6.45, 7) is 10.5. The lowest BCUT2D eigenvalue weighted by molar-refractivity contribution is -0.0949. The number of rotatable bonds is 10. The number of aryl methyl sites for hydroxylation is 2. The van der Waals surface area contributed by atoms with Crippen LogP contribution in [0.3, 0.4) is 0 Å². The van der Waals surface area contributed by atoms with Crippen molar-refractivity contribution in [2.75, 3.05) is 16.8 Å². The number of benzene rings is 2. The van der Waals surface area contributed by atoms with Gasteiger partial charge in [0, 0.05) is 17.9 Å². The quantitative estimate of drug-likeness (QED) is 0.220. The lowest BCUT2D eigenvalue weighted by atomic mass is 9.99. The average Bonchev–Trinajstić information content (AvgIpc) is 3.02. The summed E-state index contributed by atoms with van der Waals surface area (Å²) in [6, 6.07) is 14.0. The van der Waals surface area contributed by atoms with Gasteiger partial charge < -0.3 is 10.2 Å². The molecule has 4 amide bonds. The molecule has 7 heteroatoms. The van der Waals surface area contributed by atoms with E-state index in [2.05, 4.69) is 12.2 Å². The summed E-state index contributed by atoms with van der Waals surface area (Å²) in [4.78, 5) is 30.1. The molecular weight excluding hydrogens is 440 g/mol. The number of hydrogen-bond donors (Lipinski definition) is 2. The van der Waals surface area contributed by atoms with Gasteiger partial charge in [0.1, 0.15) is 0 Å². The molecule has 2 aromatic rings. The van der Waals surface area contributed by atoms with Crippen molar-refractivity contribution in [2.24, 2.45) is 0 Å². The number of carbonyl (C=O) groups excluding carboxylic acids is 2. The number of nitrogens with one attached hydrogen (secondary N) is 1. The van der Waals surface area contributed by atoms with Crippen LogP contribution in [-0.4, -0.2) is 45.5 Å². The topological polar surface area (TPSA) is 76.1 Å². The molecule has 7 nitrogen and oxygen atoms in total. The number of anilines is 2. The Balaban J connectivity index is 1.84. The smallest absolute Gasteiger partial charge is 0.315 e. The number of hydrogen-bond acceptors (Lipinski definition) is 3. The SMILES string of the molecule is CCCCCCCCN1C(=O)N(c2ccc(C)cc2)C(N(O)C(=O)Nc2ccc(C)cc2)C1(C)C. The van der Waals surface area contributed by atoms with Crippen LogP contribution >= 0.6 is 0 Å². The first-order chi connectivity index (χ1) is 16.7. The highest BCUT2D eigenvalue weighted by Crippen LogP contribution is 2.38. The Morgan fingerprint density at radius 1 is 0.943 bits per heavy atom. The Morgan fingerprint density at radius 2 is 1.49 bits per heavy atom. The Morgan fingerprint density at radius 3 is 2.09 bits per heavy atom. The summed E-state index contributed by atoms with van der Waals surface area (Å²) in [7, 11) is 0. The maximum atomic E-state index is 13.7. The molecule has 1 saturated heterocycles. The zero-order chi connectivity index (χ0) is 25.6. The van der Waals surface area contributed by atoms with Gasteiger partial charge in [-0.2, -0.15) is 5.06 Å². The highest BCUT2D eigenvalue weighted by Gasteiger charge is 2.55. The first-order valence-corrected chi connectivity index (χ1v) is 12.7. The van der Waals surface area contributed by atoms with Gasteiger partial charge in [-0.15, -0.1) is 0 Å². The Bertz CT molecular complexity index is 988. The second-order valence-electron chi connectivity index (χ2n) is 10.1. The fourth-order valence-corrected chi connectivity index (χ4v) is 4.66. The number of unbranched alkanes of at least 4 members (excludes halogenated alkanes) is 5. The van der Waals surface area contributed by atoms with Crippen LogP contribution < -0.4 is 10.2 Å². The standard InChI is InChI=1S/C28H40N4O3/c1-6-7-8-9-10-11-20-30-27(34)31(24-18-14-22(3)15-19-24)25(28(30,4)5)32(35)26(33)29-23-16-12-21(2)13-17-23/h12-19,25,35H,6-11,20H2,1-5H3,(H,29,33). The third-order valence-corrected chi connectivity index (χ3v) is 6.80. The molecule has 0 bridgehead atoms. The second-order valence-corrected chi connectivity index (χ2v) is 10.1. The second kappa shape index (κ2) is 11.6. The largest absolute Gasteiger partial charge is 0.347 e. The van der Waals surface area contributed by atoms with Gasteiger partial charge in [-0.1, -0.05) is 74.4 Å². The van der Waals surface area contributed by atoms with Crippen LogP contribution in [0.25, 0.3) is 0 Å². The third-order valence-electron chi connectivity index (χ3n) is 6.80. The van der Waals surface area contributed by atoms with Gasteiger partial charge in [-0.25, -0.2) is 9.59 Å². The number of nitrogens with zero attached hydrogens (tertiary/aromatic N) is 3. The zero-order valence-corrected chi connectivity index (χ0v) is 21.8.